The number of nitrogens with one attached hydrogen (secondary N) is 2. The Bertz CT molecular complexity index is 1120. The third-order valence-corrected chi connectivity index (χ3v) is 5.43. The Morgan fingerprint density at radius 1 is 1.09 bits per heavy atom. The van der Waals surface area contributed by atoms with Crippen LogP contribution in [0.4, 0.5) is 11.4 Å². The minimum atomic E-state index is -0.343. The number of anilines is 2. The summed E-state index contributed by atoms with van der Waals surface area (Å²) in [6.45, 7) is 8.16. The molecule has 0 unspecified atom stereocenters. The lowest BCUT2D eigenvalue weighted by atomic mass is 10.1. The zero-order valence-electron chi connectivity index (χ0n) is 18.3. The first-order valence-corrected chi connectivity index (χ1v) is 11.2. The van der Waals surface area contributed by atoms with Gasteiger partial charge in [0.25, 0.3) is 0 Å². The molecule has 0 radical (unpaired) electrons. The number of rotatable bonds is 7. The van der Waals surface area contributed by atoms with Crippen molar-refractivity contribution in [2.45, 2.75) is 20.8 Å². The van der Waals surface area contributed by atoms with Gasteiger partial charge in [0, 0.05) is 41.1 Å². The van der Waals surface area contributed by atoms with Crippen LogP contribution in [-0.2, 0) is 4.79 Å². The largest absolute Gasteiger partial charge is 0.457 e. The first-order chi connectivity index (χ1) is 15.4. The first-order valence-electron chi connectivity index (χ1n) is 10.4. The molecule has 166 valence electrons. The zero-order chi connectivity index (χ0) is 23.1. The van der Waals surface area contributed by atoms with Gasteiger partial charge in [0.05, 0.1) is 0 Å². The summed E-state index contributed by atoms with van der Waals surface area (Å²) in [5.74, 6) is 0.915. The highest BCUT2D eigenvalue weighted by Crippen LogP contribution is 2.25. The van der Waals surface area contributed by atoms with E-state index in [1.54, 1.807) is 24.3 Å². The molecule has 3 aromatic rings. The third-order valence-electron chi connectivity index (χ3n) is 4.98. The molecule has 1 aromatic heterocycles. The maximum atomic E-state index is 12.2. The number of thiocarbonyl (C=S) groups is 1. The molecule has 0 aliphatic heterocycles. The predicted molar refractivity (Wildman–Crippen MR) is 137 cm³/mol. The van der Waals surface area contributed by atoms with Crippen molar-refractivity contribution < 1.29 is 9.21 Å². The number of carbonyl (C=O) groups excluding carboxylic acids is 1. The van der Waals surface area contributed by atoms with Crippen molar-refractivity contribution in [1.82, 2.24) is 5.32 Å². The Labute approximate surface area is 199 Å². The Hall–Kier alpha value is -3.09. The molecule has 2 N–H and O–H groups in total. The third kappa shape index (κ3) is 6.22. The van der Waals surface area contributed by atoms with Crippen molar-refractivity contribution >= 4 is 52.3 Å². The summed E-state index contributed by atoms with van der Waals surface area (Å²) in [7, 11) is 0. The lowest BCUT2D eigenvalue weighted by Crippen LogP contribution is -2.33. The number of aryl methyl sites for hydroxylation is 1. The van der Waals surface area contributed by atoms with Gasteiger partial charge in [0.1, 0.15) is 11.5 Å². The Morgan fingerprint density at radius 2 is 1.81 bits per heavy atom. The van der Waals surface area contributed by atoms with E-state index < -0.39 is 0 Å². The van der Waals surface area contributed by atoms with Gasteiger partial charge in [-0.15, -0.1) is 0 Å². The van der Waals surface area contributed by atoms with Crippen LogP contribution in [0.1, 0.15) is 25.2 Å². The van der Waals surface area contributed by atoms with Crippen LogP contribution in [0.15, 0.2) is 65.1 Å². The van der Waals surface area contributed by atoms with Gasteiger partial charge in [-0.1, -0.05) is 11.6 Å². The second-order valence-corrected chi connectivity index (χ2v) is 8.00. The van der Waals surface area contributed by atoms with Gasteiger partial charge in [0.15, 0.2) is 5.11 Å². The average molecular weight is 468 g/mol. The summed E-state index contributed by atoms with van der Waals surface area (Å²) < 4.78 is 5.76. The fourth-order valence-corrected chi connectivity index (χ4v) is 3.59. The minimum absolute atomic E-state index is 0.236. The van der Waals surface area contributed by atoms with E-state index in [0.717, 1.165) is 35.6 Å². The number of furan rings is 1. The number of halogens is 1. The summed E-state index contributed by atoms with van der Waals surface area (Å²) in [6, 6.07) is 17.1. The van der Waals surface area contributed by atoms with E-state index in [2.05, 4.69) is 35.4 Å². The van der Waals surface area contributed by atoms with Crippen LogP contribution in [-0.4, -0.2) is 24.1 Å². The van der Waals surface area contributed by atoms with Gasteiger partial charge >= 0.3 is 0 Å². The SMILES string of the molecule is CCN(CC)c1ccc(NC(=S)NC(=O)C=Cc2ccc(-c3ccc(Cl)cc3)o2)c(C)c1. The number of amides is 1. The van der Waals surface area contributed by atoms with E-state index in [4.69, 9.17) is 28.2 Å². The number of hydrogen-bond acceptors (Lipinski definition) is 4. The molecule has 3 rings (SSSR count). The van der Waals surface area contributed by atoms with Crippen molar-refractivity contribution in [3.63, 3.8) is 0 Å². The monoisotopic (exact) mass is 467 g/mol. The summed E-state index contributed by atoms with van der Waals surface area (Å²) in [4.78, 5) is 14.5. The molecule has 5 nitrogen and oxygen atoms in total. The molecular weight excluding hydrogens is 442 g/mol. The van der Waals surface area contributed by atoms with Crippen molar-refractivity contribution in [2.24, 2.45) is 0 Å². The molecule has 0 atom stereocenters. The average Bonchev–Trinajstić information content (AvgIpc) is 3.24. The standard InChI is InChI=1S/C25H26ClN3O2S/c1-4-29(5-2)20-10-13-22(17(3)16-20)27-25(32)28-24(30)15-12-21-11-14-23(31-21)18-6-8-19(26)9-7-18/h6-16H,4-5H2,1-3H3,(H2,27,28,30,32). The molecule has 32 heavy (non-hydrogen) atoms. The fraction of sp³-hybridized carbons (Fsp3) is 0.200. The highest BCUT2D eigenvalue weighted by molar-refractivity contribution is 7.80. The lowest BCUT2D eigenvalue weighted by molar-refractivity contribution is -0.115. The number of benzene rings is 2. The number of carbonyl (C=O) groups is 1. The lowest BCUT2D eigenvalue weighted by Gasteiger charge is -2.22. The van der Waals surface area contributed by atoms with Gasteiger partial charge in [-0.3, -0.25) is 10.1 Å². The smallest absolute Gasteiger partial charge is 0.250 e. The zero-order valence-corrected chi connectivity index (χ0v) is 19.9. The Morgan fingerprint density at radius 3 is 2.47 bits per heavy atom. The minimum Gasteiger partial charge on any atom is -0.457 e. The Kier molecular flexibility index (Phi) is 8.09. The van der Waals surface area contributed by atoms with Gasteiger partial charge in [-0.2, -0.15) is 0 Å². The number of hydrogen-bond donors (Lipinski definition) is 2. The van der Waals surface area contributed by atoms with E-state index in [1.807, 2.05) is 37.3 Å². The van der Waals surface area contributed by atoms with Crippen LogP contribution in [0.3, 0.4) is 0 Å². The first kappa shape index (κ1) is 23.6. The topological polar surface area (TPSA) is 57.5 Å². The molecule has 2 aromatic carbocycles. The van der Waals surface area contributed by atoms with Gasteiger partial charge in [-0.25, -0.2) is 0 Å². The van der Waals surface area contributed by atoms with Crippen LogP contribution in [0, 0.1) is 6.92 Å². The van der Waals surface area contributed by atoms with Crippen LogP contribution in [0.5, 0.6) is 0 Å². The molecule has 0 aliphatic rings. The summed E-state index contributed by atoms with van der Waals surface area (Å²) in [5.41, 5.74) is 3.97. The second kappa shape index (κ2) is 11.0. The summed E-state index contributed by atoms with van der Waals surface area (Å²) >= 11 is 11.2. The fourth-order valence-electron chi connectivity index (χ4n) is 3.25. The normalized spacial score (nSPS) is 10.9. The van der Waals surface area contributed by atoms with Crippen LogP contribution < -0.4 is 15.5 Å². The van der Waals surface area contributed by atoms with E-state index >= 15 is 0 Å². The van der Waals surface area contributed by atoms with Crippen molar-refractivity contribution in [2.75, 3.05) is 23.3 Å². The number of nitrogens with zero attached hydrogens (tertiary/aromatic N) is 1. The van der Waals surface area contributed by atoms with Crippen LogP contribution in [0.25, 0.3) is 17.4 Å². The van der Waals surface area contributed by atoms with Crippen molar-refractivity contribution in [3.05, 3.63) is 77.0 Å². The second-order valence-electron chi connectivity index (χ2n) is 7.16. The summed E-state index contributed by atoms with van der Waals surface area (Å²) in [5, 5.41) is 6.64. The molecule has 1 heterocycles. The van der Waals surface area contributed by atoms with E-state index in [9.17, 15) is 4.79 Å². The molecule has 7 heteroatoms. The maximum Gasteiger partial charge on any atom is 0.250 e. The molecule has 0 saturated carbocycles. The van der Waals surface area contributed by atoms with Gasteiger partial charge in [-0.05, 0) is 99.2 Å². The highest BCUT2D eigenvalue weighted by atomic mass is 35.5. The summed E-state index contributed by atoms with van der Waals surface area (Å²) in [6.07, 6.45) is 2.98. The van der Waals surface area contributed by atoms with Gasteiger partial charge < -0.3 is 14.6 Å². The highest BCUT2D eigenvalue weighted by Gasteiger charge is 2.08. The van der Waals surface area contributed by atoms with Crippen molar-refractivity contribution in [1.29, 1.82) is 0 Å². The Balaban J connectivity index is 1.56. The molecule has 0 bridgehead atoms. The molecule has 0 fully saturated rings. The van der Waals surface area contributed by atoms with E-state index in [0.29, 0.717) is 16.5 Å². The predicted octanol–water partition coefficient (Wildman–Crippen LogP) is 6.28. The van der Waals surface area contributed by atoms with Gasteiger partial charge in [0.2, 0.25) is 5.91 Å². The van der Waals surface area contributed by atoms with Crippen LogP contribution >= 0.6 is 23.8 Å². The maximum absolute atomic E-state index is 12.2. The van der Waals surface area contributed by atoms with Crippen LogP contribution in [0.2, 0.25) is 5.02 Å². The van der Waals surface area contributed by atoms with E-state index in [-0.39, 0.29) is 11.0 Å². The quantitative estimate of drug-likeness (QED) is 0.316. The molecular formula is C25H26ClN3O2S. The van der Waals surface area contributed by atoms with Crippen molar-refractivity contribution in [3.8, 4) is 11.3 Å². The molecule has 1 amide bonds. The van der Waals surface area contributed by atoms with E-state index in [1.165, 1.54) is 6.08 Å². The molecule has 0 aliphatic carbocycles. The molecule has 0 spiro atoms. The molecule has 0 saturated heterocycles.